The number of ether oxygens (including phenoxy) is 2. The first kappa shape index (κ1) is 23.7. The fraction of sp³-hybridized carbons (Fsp3) is 0.179. The van der Waals surface area contributed by atoms with Crippen molar-refractivity contribution in [2.24, 2.45) is 0 Å². The maximum atomic E-state index is 13.3. The Morgan fingerprint density at radius 3 is 2.50 bits per heavy atom. The van der Waals surface area contributed by atoms with E-state index in [-0.39, 0.29) is 25.4 Å². The molecule has 1 unspecified atom stereocenters. The maximum Gasteiger partial charge on any atom is 0.263 e. The molecule has 1 amide bonds. The number of carbonyl (C=O) groups excluding carboxylic acids is 1. The van der Waals surface area contributed by atoms with E-state index in [9.17, 15) is 13.2 Å². The highest BCUT2D eigenvalue weighted by atomic mass is 32.2. The zero-order chi connectivity index (χ0) is 25.0. The van der Waals surface area contributed by atoms with Crippen molar-refractivity contribution < 1.29 is 22.7 Å². The first-order chi connectivity index (χ1) is 17.5. The van der Waals surface area contributed by atoms with Crippen molar-refractivity contribution in [1.82, 2.24) is 5.32 Å². The monoisotopic (exact) mass is 502 g/mol. The molecule has 0 bridgehead atoms. The number of sulfonamides is 1. The first-order valence-corrected chi connectivity index (χ1v) is 13.3. The normalized spacial score (nSPS) is 15.1. The number of rotatable bonds is 8. The summed E-state index contributed by atoms with van der Waals surface area (Å²) in [4.78, 5) is 12.9. The quantitative estimate of drug-likeness (QED) is 0.366. The highest BCUT2D eigenvalue weighted by Gasteiger charge is 2.36. The van der Waals surface area contributed by atoms with Gasteiger partial charge in [-0.15, -0.1) is 0 Å². The van der Waals surface area contributed by atoms with Gasteiger partial charge in [0.2, 0.25) is 10.0 Å². The number of anilines is 1. The summed E-state index contributed by atoms with van der Waals surface area (Å²) in [5, 5.41) is 4.88. The summed E-state index contributed by atoms with van der Waals surface area (Å²) in [6.07, 6.45) is -0.983. The van der Waals surface area contributed by atoms with Gasteiger partial charge < -0.3 is 14.8 Å². The fourth-order valence-electron chi connectivity index (χ4n) is 4.24. The largest absolute Gasteiger partial charge is 0.491 e. The Kier molecular flexibility index (Phi) is 6.77. The Morgan fingerprint density at radius 2 is 1.64 bits per heavy atom. The van der Waals surface area contributed by atoms with Crippen molar-refractivity contribution in [3.63, 3.8) is 0 Å². The van der Waals surface area contributed by atoms with Crippen LogP contribution >= 0.6 is 0 Å². The number of nitrogens with zero attached hydrogens (tertiary/aromatic N) is 1. The lowest BCUT2D eigenvalue weighted by molar-refractivity contribution is -0.127. The molecule has 0 aliphatic carbocycles. The van der Waals surface area contributed by atoms with Crippen LogP contribution in [0.5, 0.6) is 11.5 Å². The third-order valence-corrected chi connectivity index (χ3v) is 7.68. The Balaban J connectivity index is 1.25. The average Bonchev–Trinajstić information content (AvgIpc) is 2.90. The van der Waals surface area contributed by atoms with Crippen molar-refractivity contribution in [3.05, 3.63) is 103 Å². The van der Waals surface area contributed by atoms with Gasteiger partial charge in [0.1, 0.15) is 18.1 Å². The first-order valence-electron chi connectivity index (χ1n) is 11.7. The molecule has 1 atom stereocenters. The van der Waals surface area contributed by atoms with Crippen molar-refractivity contribution in [2.75, 3.05) is 24.0 Å². The topological polar surface area (TPSA) is 84.9 Å². The molecule has 5 rings (SSSR count). The smallest absolute Gasteiger partial charge is 0.263 e. The summed E-state index contributed by atoms with van der Waals surface area (Å²) < 4.78 is 39.7. The summed E-state index contributed by atoms with van der Waals surface area (Å²) in [6, 6.07) is 29.6. The van der Waals surface area contributed by atoms with Crippen molar-refractivity contribution in [2.45, 2.75) is 11.9 Å². The van der Waals surface area contributed by atoms with Crippen LogP contribution in [0.4, 0.5) is 5.69 Å². The molecule has 1 aliphatic rings. The van der Waals surface area contributed by atoms with Gasteiger partial charge in [0.25, 0.3) is 5.91 Å². The summed E-state index contributed by atoms with van der Waals surface area (Å²) in [7, 11) is -3.75. The third-order valence-electron chi connectivity index (χ3n) is 5.96. The predicted molar refractivity (Wildman–Crippen MR) is 140 cm³/mol. The zero-order valence-corrected chi connectivity index (χ0v) is 20.4. The molecule has 1 aliphatic heterocycles. The number of fused-ring (bicyclic) bond motifs is 2. The van der Waals surface area contributed by atoms with Crippen molar-refractivity contribution in [1.29, 1.82) is 0 Å². The molecule has 4 aromatic rings. The molecule has 7 nitrogen and oxygen atoms in total. The molecule has 0 saturated heterocycles. The Labute approximate surface area is 210 Å². The van der Waals surface area contributed by atoms with E-state index in [0.29, 0.717) is 17.0 Å². The van der Waals surface area contributed by atoms with Crippen LogP contribution in [-0.4, -0.2) is 40.1 Å². The minimum Gasteiger partial charge on any atom is -0.491 e. The number of para-hydroxylation sites is 2. The standard InChI is InChI=1S/C28H26N2O5S/c31-28(29-17-18-34-25-16-8-12-22-11-4-5-13-23(22)25)27-19-30(24-14-6-7-15-26(24)35-27)36(32,33)20-21-9-2-1-3-10-21/h1-16,27H,17-20H2,(H,29,31). The molecule has 0 fully saturated rings. The number of amides is 1. The maximum absolute atomic E-state index is 13.3. The zero-order valence-electron chi connectivity index (χ0n) is 19.5. The number of carbonyl (C=O) groups is 1. The van der Waals surface area contributed by atoms with Crippen LogP contribution in [0.1, 0.15) is 5.56 Å². The Bertz CT molecular complexity index is 1470. The minimum atomic E-state index is -3.75. The second-order valence-electron chi connectivity index (χ2n) is 8.46. The highest BCUT2D eigenvalue weighted by Crippen LogP contribution is 2.35. The molecule has 36 heavy (non-hydrogen) atoms. The molecular weight excluding hydrogens is 476 g/mol. The Hall–Kier alpha value is -4.04. The van der Waals surface area contributed by atoms with E-state index in [1.54, 1.807) is 48.5 Å². The molecule has 8 heteroatoms. The van der Waals surface area contributed by atoms with E-state index in [0.717, 1.165) is 16.5 Å². The Morgan fingerprint density at radius 1 is 0.917 bits per heavy atom. The van der Waals surface area contributed by atoms with Crippen molar-refractivity contribution in [3.8, 4) is 11.5 Å². The van der Waals surface area contributed by atoms with E-state index < -0.39 is 22.0 Å². The molecule has 0 saturated carbocycles. The van der Waals surface area contributed by atoms with Gasteiger partial charge in [0.15, 0.2) is 6.10 Å². The van der Waals surface area contributed by atoms with E-state index in [1.165, 1.54) is 4.31 Å². The van der Waals surface area contributed by atoms with Gasteiger partial charge >= 0.3 is 0 Å². The summed E-state index contributed by atoms with van der Waals surface area (Å²) in [5.74, 6) is 0.525. The van der Waals surface area contributed by atoms with Crippen molar-refractivity contribution >= 4 is 32.4 Å². The lowest BCUT2D eigenvalue weighted by atomic mass is 10.1. The highest BCUT2D eigenvalue weighted by molar-refractivity contribution is 7.92. The van der Waals surface area contributed by atoms with Crippen LogP contribution in [0.3, 0.4) is 0 Å². The van der Waals surface area contributed by atoms with E-state index in [1.807, 2.05) is 48.5 Å². The molecule has 4 aromatic carbocycles. The van der Waals surface area contributed by atoms with Crippen LogP contribution in [0.25, 0.3) is 10.8 Å². The molecule has 1 N–H and O–H groups in total. The van der Waals surface area contributed by atoms with Gasteiger partial charge in [-0.2, -0.15) is 0 Å². The van der Waals surface area contributed by atoms with Gasteiger partial charge in [-0.25, -0.2) is 8.42 Å². The predicted octanol–water partition coefficient (Wildman–Crippen LogP) is 4.13. The number of benzene rings is 4. The van der Waals surface area contributed by atoms with Crippen LogP contribution in [0, 0.1) is 0 Å². The third kappa shape index (κ3) is 5.13. The molecule has 0 spiro atoms. The fourth-order valence-corrected chi connectivity index (χ4v) is 5.82. The number of hydrogen-bond donors (Lipinski definition) is 1. The van der Waals surface area contributed by atoms with Crippen LogP contribution in [-0.2, 0) is 20.6 Å². The van der Waals surface area contributed by atoms with Crippen LogP contribution in [0.2, 0.25) is 0 Å². The van der Waals surface area contributed by atoms with E-state index >= 15 is 0 Å². The summed E-state index contributed by atoms with van der Waals surface area (Å²) in [6.45, 7) is 0.404. The molecule has 184 valence electrons. The van der Waals surface area contributed by atoms with Crippen LogP contribution in [0.15, 0.2) is 97.1 Å². The number of nitrogens with one attached hydrogen (secondary N) is 1. The van der Waals surface area contributed by atoms with Gasteiger partial charge in [0, 0.05) is 5.39 Å². The van der Waals surface area contributed by atoms with Gasteiger partial charge in [-0.1, -0.05) is 78.9 Å². The molecule has 0 radical (unpaired) electrons. The van der Waals surface area contributed by atoms with Gasteiger partial charge in [-0.05, 0) is 29.1 Å². The lowest BCUT2D eigenvalue weighted by Gasteiger charge is -2.34. The lowest BCUT2D eigenvalue weighted by Crippen LogP contribution is -2.51. The number of hydrogen-bond acceptors (Lipinski definition) is 5. The molecular formula is C28H26N2O5S. The molecule has 1 heterocycles. The van der Waals surface area contributed by atoms with E-state index in [2.05, 4.69) is 5.32 Å². The molecule has 0 aromatic heterocycles. The summed E-state index contributed by atoms with van der Waals surface area (Å²) >= 11 is 0. The second-order valence-corrected chi connectivity index (χ2v) is 10.4. The van der Waals surface area contributed by atoms with E-state index in [4.69, 9.17) is 9.47 Å². The van der Waals surface area contributed by atoms with Gasteiger partial charge in [0.05, 0.1) is 24.5 Å². The minimum absolute atomic E-state index is 0.109. The van der Waals surface area contributed by atoms with Gasteiger partial charge in [-0.3, -0.25) is 9.10 Å². The average molecular weight is 503 g/mol. The second kappa shape index (κ2) is 10.3. The SMILES string of the molecule is O=C(NCCOc1cccc2ccccc12)C1CN(S(=O)(=O)Cc2ccccc2)c2ccccc2O1. The van der Waals surface area contributed by atoms with Crippen LogP contribution < -0.4 is 19.1 Å². The summed E-state index contributed by atoms with van der Waals surface area (Å²) in [5.41, 5.74) is 1.10.